The van der Waals surface area contributed by atoms with Crippen LogP contribution < -0.4 is 5.32 Å². The van der Waals surface area contributed by atoms with E-state index in [1.54, 1.807) is 0 Å². The van der Waals surface area contributed by atoms with Crippen molar-refractivity contribution in [2.24, 2.45) is 16.2 Å². The van der Waals surface area contributed by atoms with E-state index in [2.05, 4.69) is 63.1 Å². The van der Waals surface area contributed by atoms with E-state index in [0.29, 0.717) is 13.0 Å². The fraction of sp³-hybridized carbons (Fsp3) is 0.591. The van der Waals surface area contributed by atoms with Crippen molar-refractivity contribution in [3.8, 4) is 0 Å². The molecule has 4 nitrogen and oxygen atoms in total. The van der Waals surface area contributed by atoms with Crippen LogP contribution >= 0.6 is 0 Å². The molecule has 2 aliphatic carbocycles. The van der Waals surface area contributed by atoms with Gasteiger partial charge in [-0.25, -0.2) is 0 Å². The number of amides is 1. The third-order valence-corrected chi connectivity index (χ3v) is 8.23. The van der Waals surface area contributed by atoms with Crippen LogP contribution in [0.3, 0.4) is 0 Å². The highest BCUT2D eigenvalue weighted by Gasteiger charge is 2.72. The van der Waals surface area contributed by atoms with Gasteiger partial charge in [-0.2, -0.15) is 0 Å². The Balaban J connectivity index is 1.55. The molecule has 26 heavy (non-hydrogen) atoms. The largest absolute Gasteiger partial charge is 0.393 e. The Morgan fingerprint density at radius 1 is 1.27 bits per heavy atom. The normalized spacial score (nSPS) is 32.3. The van der Waals surface area contributed by atoms with Crippen molar-refractivity contribution in [2.45, 2.75) is 66.5 Å². The van der Waals surface area contributed by atoms with Crippen LogP contribution in [0.25, 0.3) is 10.9 Å². The number of aromatic amines is 1. The zero-order valence-corrected chi connectivity index (χ0v) is 16.5. The van der Waals surface area contributed by atoms with Gasteiger partial charge >= 0.3 is 0 Å². The summed E-state index contributed by atoms with van der Waals surface area (Å²) in [5, 5.41) is 15.0. The lowest BCUT2D eigenvalue weighted by Gasteiger charge is -2.40. The van der Waals surface area contributed by atoms with Gasteiger partial charge in [0.05, 0.1) is 11.5 Å². The predicted octanol–water partition coefficient (Wildman–Crippen LogP) is 3.98. The number of aliphatic hydroxyl groups excluding tert-OH is 1. The first-order valence-electron chi connectivity index (χ1n) is 9.67. The van der Waals surface area contributed by atoms with Crippen LogP contribution in [0.1, 0.15) is 56.9 Å². The van der Waals surface area contributed by atoms with Crippen molar-refractivity contribution in [2.75, 3.05) is 0 Å². The topological polar surface area (TPSA) is 65.1 Å². The molecule has 3 atom stereocenters. The Bertz CT molecular complexity index is 897. The number of fused-ring (bicyclic) bond motifs is 3. The predicted molar refractivity (Wildman–Crippen MR) is 104 cm³/mol. The number of nitrogens with one attached hydrogen (secondary N) is 2. The van der Waals surface area contributed by atoms with E-state index < -0.39 is 5.41 Å². The van der Waals surface area contributed by atoms with E-state index in [9.17, 15) is 9.90 Å². The molecule has 2 fully saturated rings. The maximum absolute atomic E-state index is 13.2. The molecule has 2 bridgehead atoms. The van der Waals surface area contributed by atoms with E-state index in [-0.39, 0.29) is 22.8 Å². The average molecular weight is 354 g/mol. The second-order valence-electron chi connectivity index (χ2n) is 9.28. The number of aliphatic hydroxyl groups is 1. The Morgan fingerprint density at radius 3 is 2.62 bits per heavy atom. The first-order chi connectivity index (χ1) is 12.1. The third kappa shape index (κ3) is 2.02. The van der Waals surface area contributed by atoms with E-state index in [1.807, 2.05) is 0 Å². The van der Waals surface area contributed by atoms with Crippen molar-refractivity contribution in [1.29, 1.82) is 0 Å². The number of H-pyrrole nitrogens is 1. The van der Waals surface area contributed by atoms with Crippen LogP contribution in [0.5, 0.6) is 0 Å². The van der Waals surface area contributed by atoms with Gasteiger partial charge in [0, 0.05) is 23.1 Å². The van der Waals surface area contributed by atoms with Crippen LogP contribution in [0.15, 0.2) is 18.2 Å². The van der Waals surface area contributed by atoms with Crippen molar-refractivity contribution >= 4 is 16.8 Å². The molecule has 0 unspecified atom stereocenters. The number of hydrogen-bond acceptors (Lipinski definition) is 2. The highest BCUT2D eigenvalue weighted by molar-refractivity contribution is 5.86. The molecule has 2 aromatic rings. The zero-order chi connectivity index (χ0) is 18.9. The monoisotopic (exact) mass is 354 g/mol. The number of hydrogen-bond donors (Lipinski definition) is 3. The molecular weight excluding hydrogens is 324 g/mol. The molecule has 1 amide bonds. The summed E-state index contributed by atoms with van der Waals surface area (Å²) in [6.45, 7) is 11.2. The summed E-state index contributed by atoms with van der Waals surface area (Å²) in [6, 6.07) is 6.33. The second-order valence-corrected chi connectivity index (χ2v) is 9.28. The first kappa shape index (κ1) is 17.6. The first-order valence-corrected chi connectivity index (χ1v) is 9.67. The van der Waals surface area contributed by atoms with E-state index in [0.717, 1.165) is 23.9 Å². The number of aryl methyl sites for hydroxylation is 2. The number of aromatic nitrogens is 1. The van der Waals surface area contributed by atoms with Gasteiger partial charge in [-0.05, 0) is 67.2 Å². The molecule has 0 saturated heterocycles. The van der Waals surface area contributed by atoms with Crippen LogP contribution in [-0.4, -0.2) is 22.1 Å². The van der Waals surface area contributed by atoms with Gasteiger partial charge in [0.2, 0.25) is 5.91 Å². The second kappa shape index (κ2) is 5.35. The van der Waals surface area contributed by atoms with Gasteiger partial charge < -0.3 is 15.4 Å². The lowest BCUT2D eigenvalue weighted by molar-refractivity contribution is -0.136. The molecule has 140 valence electrons. The molecule has 1 aromatic carbocycles. The van der Waals surface area contributed by atoms with Crippen LogP contribution in [0, 0.1) is 30.1 Å². The molecule has 0 radical (unpaired) electrons. The van der Waals surface area contributed by atoms with Gasteiger partial charge in [-0.15, -0.1) is 0 Å². The zero-order valence-electron chi connectivity index (χ0n) is 16.5. The Labute approximate surface area is 155 Å². The van der Waals surface area contributed by atoms with Gasteiger partial charge in [-0.1, -0.05) is 26.8 Å². The maximum atomic E-state index is 13.2. The molecule has 1 heterocycles. The van der Waals surface area contributed by atoms with E-state index in [1.165, 1.54) is 16.6 Å². The molecule has 0 spiro atoms. The van der Waals surface area contributed by atoms with Crippen LogP contribution in [-0.2, 0) is 11.3 Å². The van der Waals surface area contributed by atoms with Crippen LogP contribution in [0.2, 0.25) is 0 Å². The van der Waals surface area contributed by atoms with Crippen LogP contribution in [0.4, 0.5) is 0 Å². The van der Waals surface area contributed by atoms with E-state index in [4.69, 9.17) is 0 Å². The lowest BCUT2D eigenvalue weighted by atomic mass is 9.64. The summed E-state index contributed by atoms with van der Waals surface area (Å²) in [7, 11) is 0. The smallest absolute Gasteiger partial charge is 0.227 e. The van der Waals surface area contributed by atoms with Gasteiger partial charge in [0.25, 0.3) is 0 Å². The van der Waals surface area contributed by atoms with Crippen molar-refractivity contribution in [3.05, 3.63) is 35.0 Å². The fourth-order valence-electron chi connectivity index (χ4n) is 5.60. The Morgan fingerprint density at radius 2 is 2.00 bits per heavy atom. The average Bonchev–Trinajstić information content (AvgIpc) is 3.05. The van der Waals surface area contributed by atoms with Gasteiger partial charge in [-0.3, -0.25) is 4.79 Å². The highest BCUT2D eigenvalue weighted by atomic mass is 16.3. The van der Waals surface area contributed by atoms with Crippen molar-refractivity contribution in [3.63, 3.8) is 0 Å². The highest BCUT2D eigenvalue weighted by Crippen LogP contribution is 2.72. The maximum Gasteiger partial charge on any atom is 0.227 e. The number of rotatable bonds is 3. The summed E-state index contributed by atoms with van der Waals surface area (Å²) in [5.74, 6) is 0.102. The standard InChI is InChI=1S/C22H30N2O2/c1-13-14(2)24-17-7-6-15(10-16(13)17)12-23-19(26)22-9-8-21(5,18(25)11-22)20(22,3)4/h6-7,10,18,24-25H,8-9,11-12H2,1-5H3,(H,23,26)/t18-,21+,22-/m0/s1. The number of carbonyl (C=O) groups excluding carboxylic acids is 1. The number of carbonyl (C=O) groups is 1. The molecule has 4 rings (SSSR count). The SMILES string of the molecule is Cc1[nH]c2ccc(CNC(=O)[C@]34CC[C@](C)([C@@H](O)C3)C4(C)C)cc2c1C. The summed E-state index contributed by atoms with van der Waals surface area (Å²) < 4.78 is 0. The summed E-state index contributed by atoms with van der Waals surface area (Å²) in [6.07, 6.45) is 1.98. The van der Waals surface area contributed by atoms with Crippen molar-refractivity contribution in [1.82, 2.24) is 10.3 Å². The molecular formula is C22H30N2O2. The number of benzene rings is 1. The molecule has 0 aliphatic heterocycles. The summed E-state index contributed by atoms with van der Waals surface area (Å²) in [4.78, 5) is 16.6. The summed E-state index contributed by atoms with van der Waals surface area (Å²) >= 11 is 0. The Kier molecular flexibility index (Phi) is 3.62. The third-order valence-electron chi connectivity index (χ3n) is 8.23. The quantitative estimate of drug-likeness (QED) is 0.780. The van der Waals surface area contributed by atoms with Gasteiger partial charge in [0.1, 0.15) is 0 Å². The van der Waals surface area contributed by atoms with E-state index >= 15 is 0 Å². The molecule has 3 N–H and O–H groups in total. The Hall–Kier alpha value is -1.81. The molecule has 2 saturated carbocycles. The fourth-order valence-corrected chi connectivity index (χ4v) is 5.60. The van der Waals surface area contributed by atoms with Gasteiger partial charge in [0.15, 0.2) is 0 Å². The minimum Gasteiger partial charge on any atom is -0.393 e. The molecule has 4 heteroatoms. The molecule has 2 aliphatic rings. The summed E-state index contributed by atoms with van der Waals surface area (Å²) in [5.41, 5.74) is 3.89. The van der Waals surface area contributed by atoms with Crippen molar-refractivity contribution < 1.29 is 9.90 Å². The minimum atomic E-state index is -0.453. The minimum absolute atomic E-state index is 0.102. The molecule has 1 aromatic heterocycles. The lowest BCUT2D eigenvalue weighted by Crippen LogP contribution is -2.46.